The summed E-state index contributed by atoms with van der Waals surface area (Å²) in [6.07, 6.45) is 6.83. The number of unbranched alkanes of at least 4 members (excludes halogenated alkanes) is 2. The number of thiazole rings is 1. The minimum atomic E-state index is -0.0418. The quantitative estimate of drug-likeness (QED) is 0.632. The van der Waals surface area contributed by atoms with Crippen LogP contribution in [0, 0.1) is 0 Å². The summed E-state index contributed by atoms with van der Waals surface area (Å²) in [6, 6.07) is 5.81. The van der Waals surface area contributed by atoms with Crippen LogP contribution >= 0.6 is 11.3 Å². The van der Waals surface area contributed by atoms with Crippen molar-refractivity contribution < 1.29 is 9.53 Å². The molecule has 2 heterocycles. The van der Waals surface area contributed by atoms with Gasteiger partial charge in [-0.15, -0.1) is 11.3 Å². The maximum Gasteiger partial charge on any atom is 0.245 e. The van der Waals surface area contributed by atoms with E-state index in [4.69, 9.17) is 4.74 Å². The van der Waals surface area contributed by atoms with E-state index in [1.807, 2.05) is 23.6 Å². The maximum absolute atomic E-state index is 11.6. The molecule has 0 bridgehead atoms. The zero-order valence-electron chi connectivity index (χ0n) is 14.2. The first-order chi connectivity index (χ1) is 11.8. The molecule has 0 saturated heterocycles. The molecule has 24 heavy (non-hydrogen) atoms. The SMILES string of the molecule is CCCCCOCC(=O)NCCCc1nc(-c2ccccn2)cs1. The molecule has 2 aromatic heterocycles. The monoisotopic (exact) mass is 347 g/mol. The van der Waals surface area contributed by atoms with Crippen LogP contribution in [0.25, 0.3) is 11.4 Å². The molecule has 0 atom stereocenters. The average Bonchev–Trinajstić information content (AvgIpc) is 3.08. The molecule has 0 spiro atoms. The summed E-state index contributed by atoms with van der Waals surface area (Å²) in [5.41, 5.74) is 1.81. The lowest BCUT2D eigenvalue weighted by Crippen LogP contribution is -2.28. The Morgan fingerprint density at radius 1 is 1.25 bits per heavy atom. The first-order valence-corrected chi connectivity index (χ1v) is 9.38. The molecule has 6 heteroatoms. The highest BCUT2D eigenvalue weighted by Crippen LogP contribution is 2.20. The third kappa shape index (κ3) is 6.76. The van der Waals surface area contributed by atoms with E-state index in [0.717, 1.165) is 48.5 Å². The molecule has 1 amide bonds. The number of hydrogen-bond acceptors (Lipinski definition) is 5. The second kappa shape index (κ2) is 10.9. The van der Waals surface area contributed by atoms with Crippen molar-refractivity contribution in [1.82, 2.24) is 15.3 Å². The molecule has 0 aliphatic heterocycles. The third-order valence-electron chi connectivity index (χ3n) is 3.49. The molecule has 0 fully saturated rings. The highest BCUT2D eigenvalue weighted by atomic mass is 32.1. The number of hydrogen-bond donors (Lipinski definition) is 1. The molecule has 1 N–H and O–H groups in total. The number of ether oxygens (including phenoxy) is 1. The van der Waals surface area contributed by atoms with Crippen molar-refractivity contribution in [3.63, 3.8) is 0 Å². The molecule has 0 saturated carbocycles. The minimum absolute atomic E-state index is 0.0418. The predicted molar refractivity (Wildman–Crippen MR) is 97.0 cm³/mol. The smallest absolute Gasteiger partial charge is 0.245 e. The second-order valence-corrected chi connectivity index (χ2v) is 6.50. The normalized spacial score (nSPS) is 10.7. The van der Waals surface area contributed by atoms with Crippen LogP contribution in [-0.2, 0) is 16.0 Å². The summed E-state index contributed by atoms with van der Waals surface area (Å²) >= 11 is 1.64. The summed E-state index contributed by atoms with van der Waals surface area (Å²) in [6.45, 7) is 3.62. The minimum Gasteiger partial charge on any atom is -0.372 e. The van der Waals surface area contributed by atoms with Gasteiger partial charge in [-0.1, -0.05) is 25.8 Å². The molecule has 2 aromatic rings. The molecule has 130 valence electrons. The molecule has 0 aliphatic rings. The largest absolute Gasteiger partial charge is 0.372 e. The number of nitrogens with zero attached hydrogens (tertiary/aromatic N) is 2. The Labute approximate surface area is 147 Å². The first kappa shape index (κ1) is 18.5. The molecular formula is C18H25N3O2S. The number of rotatable bonds is 11. The molecule has 0 unspecified atom stereocenters. The van der Waals surface area contributed by atoms with Crippen LogP contribution < -0.4 is 5.32 Å². The van der Waals surface area contributed by atoms with Crippen LogP contribution in [0.2, 0.25) is 0 Å². The number of nitrogens with one attached hydrogen (secondary N) is 1. The van der Waals surface area contributed by atoms with E-state index in [9.17, 15) is 4.79 Å². The third-order valence-corrected chi connectivity index (χ3v) is 4.40. The van der Waals surface area contributed by atoms with E-state index < -0.39 is 0 Å². The highest BCUT2D eigenvalue weighted by Gasteiger charge is 2.06. The van der Waals surface area contributed by atoms with Gasteiger partial charge in [0.2, 0.25) is 5.91 Å². The lowest BCUT2D eigenvalue weighted by molar-refractivity contribution is -0.125. The van der Waals surface area contributed by atoms with Crippen LogP contribution in [0.4, 0.5) is 0 Å². The van der Waals surface area contributed by atoms with Crippen LogP contribution in [0.5, 0.6) is 0 Å². The Balaban J connectivity index is 1.59. The van der Waals surface area contributed by atoms with Crippen LogP contribution in [0.15, 0.2) is 29.8 Å². The van der Waals surface area contributed by atoms with Crippen molar-refractivity contribution in [2.45, 2.75) is 39.0 Å². The fourth-order valence-corrected chi connectivity index (χ4v) is 3.03. The van der Waals surface area contributed by atoms with E-state index >= 15 is 0 Å². The molecule has 0 aliphatic carbocycles. The Kier molecular flexibility index (Phi) is 8.41. The van der Waals surface area contributed by atoms with Crippen molar-refractivity contribution in [2.24, 2.45) is 0 Å². The summed E-state index contributed by atoms with van der Waals surface area (Å²) in [7, 11) is 0. The van der Waals surface area contributed by atoms with Crippen LogP contribution in [0.1, 0.15) is 37.6 Å². The van der Waals surface area contributed by atoms with Gasteiger partial charge in [0, 0.05) is 31.1 Å². The van der Waals surface area contributed by atoms with Crippen molar-refractivity contribution in [1.29, 1.82) is 0 Å². The van der Waals surface area contributed by atoms with Crippen LogP contribution in [0.3, 0.4) is 0 Å². The number of aromatic nitrogens is 2. The van der Waals surface area contributed by atoms with Gasteiger partial charge in [0.15, 0.2) is 0 Å². The number of carbonyl (C=O) groups is 1. The van der Waals surface area contributed by atoms with Gasteiger partial charge in [0.1, 0.15) is 6.61 Å². The Bertz CT molecular complexity index is 601. The summed E-state index contributed by atoms with van der Waals surface area (Å²) in [4.78, 5) is 20.5. The molecule has 0 radical (unpaired) electrons. The topological polar surface area (TPSA) is 64.1 Å². The van der Waals surface area contributed by atoms with Gasteiger partial charge in [-0.05, 0) is 25.0 Å². The first-order valence-electron chi connectivity index (χ1n) is 8.50. The zero-order chi connectivity index (χ0) is 17.0. The Morgan fingerprint density at radius 2 is 2.17 bits per heavy atom. The van der Waals surface area contributed by atoms with Gasteiger partial charge in [-0.3, -0.25) is 9.78 Å². The standard InChI is InChI=1S/C18H25N3O2S/c1-2-3-6-12-23-13-17(22)20-11-7-9-18-21-16(14-24-18)15-8-4-5-10-19-15/h4-5,8,10,14H,2-3,6-7,9,11-13H2,1H3,(H,20,22). The maximum atomic E-state index is 11.6. The molecule has 5 nitrogen and oxygen atoms in total. The molecular weight excluding hydrogens is 322 g/mol. The predicted octanol–water partition coefficient (Wildman–Crippen LogP) is 3.46. The van der Waals surface area contributed by atoms with Crippen molar-refractivity contribution >= 4 is 17.2 Å². The van der Waals surface area contributed by atoms with Crippen molar-refractivity contribution in [3.8, 4) is 11.4 Å². The number of carbonyl (C=O) groups excluding carboxylic acids is 1. The van der Waals surface area contributed by atoms with Gasteiger partial charge in [0.05, 0.1) is 16.4 Å². The Morgan fingerprint density at radius 3 is 2.96 bits per heavy atom. The van der Waals surface area contributed by atoms with Crippen molar-refractivity contribution in [2.75, 3.05) is 19.8 Å². The number of aryl methyl sites for hydroxylation is 1. The summed E-state index contributed by atoms with van der Waals surface area (Å²) in [5, 5.41) is 5.98. The van der Waals surface area contributed by atoms with Gasteiger partial charge >= 0.3 is 0 Å². The van der Waals surface area contributed by atoms with E-state index in [1.165, 1.54) is 0 Å². The fraction of sp³-hybridized carbons (Fsp3) is 0.500. The number of pyridine rings is 1. The number of amides is 1. The van der Waals surface area contributed by atoms with E-state index in [0.29, 0.717) is 13.2 Å². The van der Waals surface area contributed by atoms with E-state index in [-0.39, 0.29) is 12.5 Å². The van der Waals surface area contributed by atoms with E-state index in [1.54, 1.807) is 17.5 Å². The summed E-state index contributed by atoms with van der Waals surface area (Å²) in [5.74, 6) is -0.0418. The summed E-state index contributed by atoms with van der Waals surface area (Å²) < 4.78 is 5.34. The Hall–Kier alpha value is -1.79. The van der Waals surface area contributed by atoms with Gasteiger partial charge in [-0.25, -0.2) is 4.98 Å². The van der Waals surface area contributed by atoms with Crippen LogP contribution in [-0.4, -0.2) is 35.6 Å². The molecule has 0 aromatic carbocycles. The van der Waals surface area contributed by atoms with Gasteiger partial charge in [0.25, 0.3) is 0 Å². The molecule has 2 rings (SSSR count). The van der Waals surface area contributed by atoms with Gasteiger partial charge < -0.3 is 10.1 Å². The van der Waals surface area contributed by atoms with Crippen molar-refractivity contribution in [3.05, 3.63) is 34.8 Å². The zero-order valence-corrected chi connectivity index (χ0v) is 15.0. The second-order valence-electron chi connectivity index (χ2n) is 5.55. The average molecular weight is 347 g/mol. The lowest BCUT2D eigenvalue weighted by atomic mass is 10.3. The van der Waals surface area contributed by atoms with Gasteiger partial charge in [-0.2, -0.15) is 0 Å². The van der Waals surface area contributed by atoms with E-state index in [2.05, 4.69) is 22.2 Å². The fourth-order valence-electron chi connectivity index (χ4n) is 2.20. The highest BCUT2D eigenvalue weighted by molar-refractivity contribution is 7.09. The lowest BCUT2D eigenvalue weighted by Gasteiger charge is -2.05.